The van der Waals surface area contributed by atoms with E-state index < -0.39 is 23.3 Å². The Balaban J connectivity index is 1.50. The number of anilines is 1. The maximum Gasteiger partial charge on any atom is 0.410 e. The molecule has 0 radical (unpaired) electrons. The lowest BCUT2D eigenvalue weighted by Crippen LogP contribution is -2.43. The van der Waals surface area contributed by atoms with E-state index in [1.807, 2.05) is 18.2 Å². The number of aryl methyl sites for hydroxylation is 1. The van der Waals surface area contributed by atoms with Crippen molar-refractivity contribution in [3.63, 3.8) is 0 Å². The van der Waals surface area contributed by atoms with Gasteiger partial charge in [-0.15, -0.1) is 0 Å². The first-order valence-electron chi connectivity index (χ1n) is 13.8. The van der Waals surface area contributed by atoms with E-state index in [1.54, 1.807) is 50.8 Å². The number of aromatic nitrogens is 1. The van der Waals surface area contributed by atoms with Gasteiger partial charge in [-0.3, -0.25) is 19.0 Å². The van der Waals surface area contributed by atoms with Gasteiger partial charge in [-0.05, 0) is 82.5 Å². The van der Waals surface area contributed by atoms with E-state index in [2.05, 4.69) is 5.32 Å². The molecule has 1 fully saturated rings. The molecular formula is C32H32FN3O5S. The number of likely N-dealkylation sites (tertiary alicyclic amines) is 1. The number of benzene rings is 2. The third kappa shape index (κ3) is 5.99. The quantitative estimate of drug-likeness (QED) is 0.275. The first-order chi connectivity index (χ1) is 19.9. The van der Waals surface area contributed by atoms with Crippen LogP contribution in [-0.4, -0.2) is 45.9 Å². The van der Waals surface area contributed by atoms with Crippen LogP contribution in [0.5, 0.6) is 0 Å². The molecule has 2 aromatic heterocycles. The SMILES string of the molecule is Cc1cc(C(=O)c2c(NC(=O)C3CCN(C(=O)OC(C)(C)C)CC3)sc3c2ccc(=O)n3-c2ccccc2)ccc1F. The molecule has 0 unspecified atom stereocenters. The highest BCUT2D eigenvalue weighted by Gasteiger charge is 2.32. The lowest BCUT2D eigenvalue weighted by molar-refractivity contribution is -0.121. The second-order valence-corrected chi connectivity index (χ2v) is 12.4. The molecule has 8 nitrogen and oxygen atoms in total. The van der Waals surface area contributed by atoms with E-state index in [1.165, 1.54) is 28.8 Å². The number of amides is 2. The van der Waals surface area contributed by atoms with Gasteiger partial charge in [0.1, 0.15) is 21.2 Å². The van der Waals surface area contributed by atoms with Crippen molar-refractivity contribution in [1.82, 2.24) is 9.47 Å². The summed E-state index contributed by atoms with van der Waals surface area (Å²) in [7, 11) is 0. The molecule has 1 N–H and O–H groups in total. The molecule has 2 aromatic carbocycles. The summed E-state index contributed by atoms with van der Waals surface area (Å²) in [5.74, 6) is -1.48. The minimum Gasteiger partial charge on any atom is -0.444 e. The molecule has 0 spiro atoms. The number of hydrogen-bond acceptors (Lipinski definition) is 6. The van der Waals surface area contributed by atoms with Gasteiger partial charge in [0.25, 0.3) is 5.56 Å². The first-order valence-corrected chi connectivity index (χ1v) is 14.6. The number of carbonyl (C=O) groups excluding carboxylic acids is 3. The minimum atomic E-state index is -0.612. The largest absolute Gasteiger partial charge is 0.444 e. The highest BCUT2D eigenvalue weighted by Crippen LogP contribution is 2.38. The van der Waals surface area contributed by atoms with Crippen molar-refractivity contribution in [2.24, 2.45) is 5.92 Å². The Hall–Kier alpha value is -4.31. The molecule has 1 aliphatic rings. The molecular weight excluding hydrogens is 557 g/mol. The predicted molar refractivity (Wildman–Crippen MR) is 161 cm³/mol. The minimum absolute atomic E-state index is 0.241. The first kappa shape index (κ1) is 29.2. The van der Waals surface area contributed by atoms with E-state index >= 15 is 0 Å². The topological polar surface area (TPSA) is 97.7 Å². The van der Waals surface area contributed by atoms with Gasteiger partial charge in [0.05, 0.1) is 11.3 Å². The molecule has 1 aliphatic heterocycles. The Kier molecular flexibility index (Phi) is 8.01. The number of hydrogen-bond donors (Lipinski definition) is 1. The van der Waals surface area contributed by atoms with Crippen LogP contribution in [0, 0.1) is 18.7 Å². The summed E-state index contributed by atoms with van der Waals surface area (Å²) in [5, 5.41) is 3.78. The standard InChI is InChI=1S/C32H32FN3O5S/c1-19-18-21(10-12-24(19)33)27(38)26-23-11-13-25(37)36(22-8-6-5-7-9-22)30(23)42-29(26)34-28(39)20-14-16-35(17-15-20)31(40)41-32(2,3)4/h5-13,18,20H,14-17H2,1-4H3,(H,34,39). The van der Waals surface area contributed by atoms with Gasteiger partial charge < -0.3 is 15.0 Å². The van der Waals surface area contributed by atoms with Gasteiger partial charge in [-0.1, -0.05) is 29.5 Å². The van der Waals surface area contributed by atoms with Crippen LogP contribution in [0.25, 0.3) is 15.9 Å². The van der Waals surface area contributed by atoms with E-state index in [4.69, 9.17) is 4.74 Å². The van der Waals surface area contributed by atoms with Gasteiger partial charge in [0, 0.05) is 36.0 Å². The van der Waals surface area contributed by atoms with E-state index in [0.717, 1.165) is 11.3 Å². The molecule has 5 rings (SSSR count). The Morgan fingerprint density at radius 1 is 1.00 bits per heavy atom. The zero-order valence-electron chi connectivity index (χ0n) is 23.9. The lowest BCUT2D eigenvalue weighted by atomic mass is 9.96. The average molecular weight is 590 g/mol. The molecule has 3 heterocycles. The fraction of sp³-hybridized carbons (Fsp3) is 0.312. The van der Waals surface area contributed by atoms with Crippen LogP contribution in [0.3, 0.4) is 0 Å². The van der Waals surface area contributed by atoms with Gasteiger partial charge in [-0.25, -0.2) is 9.18 Å². The van der Waals surface area contributed by atoms with E-state index in [0.29, 0.717) is 52.4 Å². The molecule has 0 bridgehead atoms. The van der Waals surface area contributed by atoms with Crippen LogP contribution in [-0.2, 0) is 9.53 Å². The Bertz CT molecular complexity index is 1730. The number of para-hydroxylation sites is 1. The number of pyridine rings is 1. The van der Waals surface area contributed by atoms with Crippen molar-refractivity contribution < 1.29 is 23.5 Å². The van der Waals surface area contributed by atoms with Crippen LogP contribution in [0.4, 0.5) is 14.2 Å². The zero-order chi connectivity index (χ0) is 30.2. The molecule has 10 heteroatoms. The van der Waals surface area contributed by atoms with Gasteiger partial charge in [0.2, 0.25) is 5.91 Å². The Morgan fingerprint density at radius 2 is 1.69 bits per heavy atom. The molecule has 1 saturated heterocycles. The highest BCUT2D eigenvalue weighted by molar-refractivity contribution is 7.23. The Morgan fingerprint density at radius 3 is 2.33 bits per heavy atom. The maximum absolute atomic E-state index is 14.0. The van der Waals surface area contributed by atoms with Crippen LogP contribution in [0.2, 0.25) is 0 Å². The molecule has 42 heavy (non-hydrogen) atoms. The molecule has 0 atom stereocenters. The third-order valence-corrected chi connectivity index (χ3v) is 8.26. The second kappa shape index (κ2) is 11.5. The second-order valence-electron chi connectivity index (χ2n) is 11.4. The van der Waals surface area contributed by atoms with Gasteiger partial charge >= 0.3 is 6.09 Å². The van der Waals surface area contributed by atoms with Crippen molar-refractivity contribution in [2.45, 2.75) is 46.1 Å². The number of rotatable bonds is 5. The average Bonchev–Trinajstić information content (AvgIpc) is 3.31. The predicted octanol–water partition coefficient (Wildman–Crippen LogP) is 6.32. The van der Waals surface area contributed by atoms with Gasteiger partial charge in [0.15, 0.2) is 5.78 Å². The number of nitrogens with zero attached hydrogens (tertiary/aromatic N) is 2. The van der Waals surface area contributed by atoms with Crippen LogP contribution in [0.15, 0.2) is 65.5 Å². The highest BCUT2D eigenvalue weighted by atomic mass is 32.1. The molecule has 0 saturated carbocycles. The maximum atomic E-state index is 14.0. The number of fused-ring (bicyclic) bond motifs is 1. The Labute approximate surface area is 246 Å². The van der Waals surface area contributed by atoms with E-state index in [-0.39, 0.29) is 28.5 Å². The normalized spacial score (nSPS) is 14.2. The summed E-state index contributed by atoms with van der Waals surface area (Å²) in [5.41, 5.74) is 0.567. The number of piperidine rings is 1. The van der Waals surface area contributed by atoms with Gasteiger partial charge in [-0.2, -0.15) is 0 Å². The molecule has 0 aliphatic carbocycles. The fourth-order valence-electron chi connectivity index (χ4n) is 5.01. The third-order valence-electron chi connectivity index (χ3n) is 7.16. The summed E-state index contributed by atoms with van der Waals surface area (Å²) in [6.07, 6.45) is 0.461. The van der Waals surface area contributed by atoms with E-state index in [9.17, 15) is 23.6 Å². The molecule has 4 aromatic rings. The summed E-state index contributed by atoms with van der Waals surface area (Å²) >= 11 is 1.15. The summed E-state index contributed by atoms with van der Waals surface area (Å²) < 4.78 is 21.0. The van der Waals surface area contributed by atoms with Crippen LogP contribution >= 0.6 is 11.3 Å². The van der Waals surface area contributed by atoms with Crippen molar-refractivity contribution in [3.8, 4) is 5.69 Å². The van der Waals surface area contributed by atoms with Crippen molar-refractivity contribution in [3.05, 3.63) is 93.5 Å². The molecule has 218 valence electrons. The fourth-order valence-corrected chi connectivity index (χ4v) is 6.23. The number of thiophene rings is 1. The van der Waals surface area contributed by atoms with Crippen LogP contribution in [0.1, 0.15) is 55.1 Å². The smallest absolute Gasteiger partial charge is 0.410 e. The molecule has 2 amide bonds. The number of ketones is 1. The number of ether oxygens (including phenoxy) is 1. The lowest BCUT2D eigenvalue weighted by Gasteiger charge is -2.32. The summed E-state index contributed by atoms with van der Waals surface area (Å²) in [4.78, 5) is 55.0. The summed E-state index contributed by atoms with van der Waals surface area (Å²) in [6, 6.07) is 16.2. The number of halogens is 1. The number of carbonyl (C=O) groups is 3. The van der Waals surface area contributed by atoms with Crippen molar-refractivity contribution in [2.75, 3.05) is 18.4 Å². The van der Waals surface area contributed by atoms with Crippen molar-refractivity contribution in [1.29, 1.82) is 0 Å². The summed E-state index contributed by atoms with van der Waals surface area (Å²) in [6.45, 7) is 7.73. The monoisotopic (exact) mass is 589 g/mol. The zero-order valence-corrected chi connectivity index (χ0v) is 24.7. The van der Waals surface area contributed by atoms with Crippen molar-refractivity contribution >= 4 is 44.3 Å². The van der Waals surface area contributed by atoms with Crippen LogP contribution < -0.4 is 10.9 Å². The number of nitrogens with one attached hydrogen (secondary N) is 1.